The van der Waals surface area contributed by atoms with Crippen molar-refractivity contribution in [2.24, 2.45) is 0 Å². The number of aliphatic hydroxyl groups excluding tert-OH is 1. The summed E-state index contributed by atoms with van der Waals surface area (Å²) in [5.74, 6) is -0.218. The highest BCUT2D eigenvalue weighted by atomic mass is 16.5. The van der Waals surface area contributed by atoms with Gasteiger partial charge in [0.05, 0.1) is 25.3 Å². The minimum absolute atomic E-state index is 0.0290. The van der Waals surface area contributed by atoms with E-state index >= 15 is 0 Å². The summed E-state index contributed by atoms with van der Waals surface area (Å²) in [6.07, 6.45) is 0. The summed E-state index contributed by atoms with van der Waals surface area (Å²) < 4.78 is 5.21. The molecule has 0 bridgehead atoms. The normalized spacial score (nSPS) is 20.8. The average molecular weight is 396 g/mol. The van der Waals surface area contributed by atoms with E-state index in [2.05, 4.69) is 0 Å². The van der Waals surface area contributed by atoms with Crippen LogP contribution < -0.4 is 0 Å². The van der Waals surface area contributed by atoms with Gasteiger partial charge >= 0.3 is 0 Å². The lowest BCUT2D eigenvalue weighted by Gasteiger charge is -2.55. The number of amides is 2. The number of nitrogens with zero attached hydrogens (tertiary/aromatic N) is 2. The first kappa shape index (κ1) is 21.0. The average Bonchev–Trinajstić information content (AvgIpc) is 2.73. The zero-order valence-corrected chi connectivity index (χ0v) is 16.9. The molecule has 2 amide bonds. The van der Waals surface area contributed by atoms with Gasteiger partial charge in [-0.1, -0.05) is 48.5 Å². The molecule has 0 aromatic heterocycles. The van der Waals surface area contributed by atoms with Crippen LogP contribution in [0.15, 0.2) is 60.7 Å². The first-order valence-electron chi connectivity index (χ1n) is 9.86. The molecular weight excluding hydrogens is 368 g/mol. The molecule has 1 N–H and O–H groups in total. The Bertz CT molecular complexity index is 812. The molecule has 3 atom stereocenters. The monoisotopic (exact) mass is 396 g/mol. The number of ether oxygens (including phenoxy) is 1. The van der Waals surface area contributed by atoms with E-state index in [1.54, 1.807) is 29.0 Å². The van der Waals surface area contributed by atoms with E-state index < -0.39 is 0 Å². The van der Waals surface area contributed by atoms with Crippen LogP contribution >= 0.6 is 0 Å². The van der Waals surface area contributed by atoms with Crippen LogP contribution in [0.5, 0.6) is 0 Å². The van der Waals surface area contributed by atoms with Gasteiger partial charge in [0.2, 0.25) is 5.91 Å². The van der Waals surface area contributed by atoms with Crippen molar-refractivity contribution in [3.8, 4) is 0 Å². The van der Waals surface area contributed by atoms with Crippen LogP contribution in [0.2, 0.25) is 0 Å². The standard InChI is InChI=1S/C23H28N2O4/c1-17(27)25-20(22(21(25)16-26)18-9-5-3-6-10-18)15-24(13-14-29-2)23(28)19-11-7-4-8-12-19/h3-12,20-22,26H,13-16H2,1-2H3/t20-,21+,22-/m1/s1. The molecule has 2 aromatic carbocycles. The van der Waals surface area contributed by atoms with E-state index in [0.717, 1.165) is 5.56 Å². The number of likely N-dealkylation sites (tertiary alicyclic amines) is 1. The minimum atomic E-state index is -0.281. The Labute approximate surface area is 171 Å². The third-order valence-corrected chi connectivity index (χ3v) is 5.56. The Morgan fingerprint density at radius 2 is 1.66 bits per heavy atom. The fourth-order valence-corrected chi connectivity index (χ4v) is 4.20. The van der Waals surface area contributed by atoms with Crippen molar-refractivity contribution < 1.29 is 19.4 Å². The second kappa shape index (κ2) is 9.67. The Morgan fingerprint density at radius 1 is 1.03 bits per heavy atom. The van der Waals surface area contributed by atoms with Gasteiger partial charge in [0, 0.05) is 38.6 Å². The van der Waals surface area contributed by atoms with Gasteiger partial charge in [0.1, 0.15) is 0 Å². The zero-order chi connectivity index (χ0) is 20.8. The lowest BCUT2D eigenvalue weighted by molar-refractivity contribution is -0.149. The van der Waals surface area contributed by atoms with Gasteiger partial charge in [-0.2, -0.15) is 0 Å². The SMILES string of the molecule is COCCN(C[C@@H]1[C@@H](c2ccccc2)[C@H](CO)N1C(C)=O)C(=O)c1ccccc1. The van der Waals surface area contributed by atoms with Crippen LogP contribution in [0.25, 0.3) is 0 Å². The van der Waals surface area contributed by atoms with Crippen molar-refractivity contribution in [2.75, 3.05) is 33.4 Å². The number of rotatable bonds is 8. The second-order valence-corrected chi connectivity index (χ2v) is 7.29. The maximum atomic E-state index is 13.1. The molecule has 1 aliphatic heterocycles. The smallest absolute Gasteiger partial charge is 0.254 e. The maximum absolute atomic E-state index is 13.1. The topological polar surface area (TPSA) is 70.1 Å². The van der Waals surface area contributed by atoms with Gasteiger partial charge in [-0.3, -0.25) is 9.59 Å². The second-order valence-electron chi connectivity index (χ2n) is 7.29. The Balaban J connectivity index is 1.88. The fourth-order valence-electron chi connectivity index (χ4n) is 4.20. The molecular formula is C23H28N2O4. The number of hydrogen-bond acceptors (Lipinski definition) is 4. The first-order chi connectivity index (χ1) is 14.1. The number of carbonyl (C=O) groups excluding carboxylic acids is 2. The maximum Gasteiger partial charge on any atom is 0.254 e. The lowest BCUT2D eigenvalue weighted by Crippen LogP contribution is -2.68. The fraction of sp³-hybridized carbons (Fsp3) is 0.391. The molecule has 6 nitrogen and oxygen atoms in total. The summed E-state index contributed by atoms with van der Waals surface area (Å²) in [5, 5.41) is 9.92. The van der Waals surface area contributed by atoms with Gasteiger partial charge in [-0.15, -0.1) is 0 Å². The van der Waals surface area contributed by atoms with E-state index in [4.69, 9.17) is 4.74 Å². The van der Waals surface area contributed by atoms with E-state index in [-0.39, 0.29) is 36.4 Å². The Kier molecular flexibility index (Phi) is 7.01. The van der Waals surface area contributed by atoms with Crippen LogP contribution in [-0.4, -0.2) is 72.2 Å². The summed E-state index contributed by atoms with van der Waals surface area (Å²) in [4.78, 5) is 28.9. The summed E-state index contributed by atoms with van der Waals surface area (Å²) in [5.41, 5.74) is 1.67. The van der Waals surface area contributed by atoms with E-state index in [0.29, 0.717) is 25.3 Å². The van der Waals surface area contributed by atoms with Crippen molar-refractivity contribution in [1.29, 1.82) is 0 Å². The zero-order valence-electron chi connectivity index (χ0n) is 16.9. The number of hydrogen-bond donors (Lipinski definition) is 1. The van der Waals surface area contributed by atoms with Gasteiger partial charge in [-0.05, 0) is 17.7 Å². The van der Waals surface area contributed by atoms with Crippen LogP contribution in [0.3, 0.4) is 0 Å². The minimum Gasteiger partial charge on any atom is -0.394 e. The number of carbonyl (C=O) groups is 2. The molecule has 0 spiro atoms. The van der Waals surface area contributed by atoms with Crippen molar-refractivity contribution >= 4 is 11.8 Å². The van der Waals surface area contributed by atoms with Crippen molar-refractivity contribution in [3.05, 3.63) is 71.8 Å². The summed E-state index contributed by atoms with van der Waals surface area (Å²) >= 11 is 0. The molecule has 0 radical (unpaired) electrons. The molecule has 0 unspecified atom stereocenters. The van der Waals surface area contributed by atoms with Crippen molar-refractivity contribution in [1.82, 2.24) is 9.80 Å². The Hall–Kier alpha value is -2.70. The van der Waals surface area contributed by atoms with Crippen molar-refractivity contribution in [2.45, 2.75) is 24.9 Å². The molecule has 29 heavy (non-hydrogen) atoms. The quantitative estimate of drug-likeness (QED) is 0.742. The molecule has 1 aliphatic rings. The van der Waals surface area contributed by atoms with Gasteiger partial charge in [0.15, 0.2) is 0 Å². The lowest BCUT2D eigenvalue weighted by atomic mass is 9.74. The molecule has 1 heterocycles. The first-order valence-corrected chi connectivity index (χ1v) is 9.86. The third kappa shape index (κ3) is 4.49. The summed E-state index contributed by atoms with van der Waals surface area (Å²) in [6.45, 7) is 2.62. The molecule has 1 fully saturated rings. The molecule has 0 saturated carbocycles. The van der Waals surface area contributed by atoms with Crippen LogP contribution in [0.1, 0.15) is 28.8 Å². The molecule has 3 rings (SSSR count). The largest absolute Gasteiger partial charge is 0.394 e. The highest BCUT2D eigenvalue weighted by Crippen LogP contribution is 2.41. The predicted molar refractivity (Wildman–Crippen MR) is 111 cm³/mol. The number of aliphatic hydroxyl groups is 1. The van der Waals surface area contributed by atoms with Crippen LogP contribution in [0, 0.1) is 0 Å². The summed E-state index contributed by atoms with van der Waals surface area (Å²) in [6, 6.07) is 18.5. The van der Waals surface area contributed by atoms with Gasteiger partial charge in [-0.25, -0.2) is 0 Å². The molecule has 1 saturated heterocycles. The van der Waals surface area contributed by atoms with E-state index in [9.17, 15) is 14.7 Å². The van der Waals surface area contributed by atoms with Crippen molar-refractivity contribution in [3.63, 3.8) is 0 Å². The molecule has 0 aliphatic carbocycles. The number of benzene rings is 2. The Morgan fingerprint density at radius 3 is 2.21 bits per heavy atom. The van der Waals surface area contributed by atoms with E-state index in [1.165, 1.54) is 6.92 Å². The highest BCUT2D eigenvalue weighted by molar-refractivity contribution is 5.94. The van der Waals surface area contributed by atoms with E-state index in [1.807, 2.05) is 48.5 Å². The van der Waals surface area contributed by atoms with Gasteiger partial charge < -0.3 is 19.6 Å². The molecule has 6 heteroatoms. The van der Waals surface area contributed by atoms with Crippen LogP contribution in [0.4, 0.5) is 0 Å². The molecule has 2 aromatic rings. The van der Waals surface area contributed by atoms with Gasteiger partial charge in [0.25, 0.3) is 5.91 Å². The highest BCUT2D eigenvalue weighted by Gasteiger charge is 2.50. The number of methoxy groups -OCH3 is 1. The van der Waals surface area contributed by atoms with Crippen LogP contribution in [-0.2, 0) is 9.53 Å². The third-order valence-electron chi connectivity index (χ3n) is 5.56. The molecule has 154 valence electrons. The predicted octanol–water partition coefficient (Wildman–Crippen LogP) is 2.15. The summed E-state index contributed by atoms with van der Waals surface area (Å²) in [7, 11) is 1.60.